The number of fused-ring (bicyclic) bond motifs is 6. The van der Waals surface area contributed by atoms with Gasteiger partial charge in [-0.3, -0.25) is 4.57 Å². The minimum absolute atomic E-state index is 0.685. The van der Waals surface area contributed by atoms with Gasteiger partial charge in [0.1, 0.15) is 5.65 Å². The molecule has 0 radical (unpaired) electrons. The highest BCUT2D eigenvalue weighted by atomic mass is 15.1. The predicted octanol–water partition coefficient (Wildman–Crippen LogP) is 11.1. The van der Waals surface area contributed by atoms with Crippen molar-refractivity contribution in [2.45, 2.75) is 0 Å². The molecule has 0 fully saturated rings. The monoisotopic (exact) mass is 639 g/mol. The van der Waals surface area contributed by atoms with Crippen molar-refractivity contribution in [1.29, 1.82) is 0 Å². The van der Waals surface area contributed by atoms with Gasteiger partial charge in [-0.25, -0.2) is 15.0 Å². The molecule has 5 heteroatoms. The van der Waals surface area contributed by atoms with Gasteiger partial charge in [0, 0.05) is 44.6 Å². The lowest BCUT2D eigenvalue weighted by Crippen LogP contribution is -2.03. The van der Waals surface area contributed by atoms with Crippen LogP contribution in [0.15, 0.2) is 176 Å². The summed E-state index contributed by atoms with van der Waals surface area (Å²) < 4.78 is 4.59. The molecular weight excluding hydrogens is 611 g/mol. The van der Waals surface area contributed by atoms with E-state index in [0.29, 0.717) is 5.82 Å². The Labute approximate surface area is 288 Å². The number of pyridine rings is 1. The molecule has 0 amide bonds. The fourth-order valence-electron chi connectivity index (χ4n) is 7.35. The van der Waals surface area contributed by atoms with Crippen LogP contribution in [-0.4, -0.2) is 24.1 Å². The molecule has 234 valence electrons. The normalized spacial score (nSPS) is 11.6. The molecular formula is C45H29N5. The fraction of sp³-hybridized carbons (Fsp3) is 0. The van der Waals surface area contributed by atoms with Gasteiger partial charge in [0.15, 0.2) is 5.82 Å². The van der Waals surface area contributed by atoms with Gasteiger partial charge in [0.2, 0.25) is 0 Å². The molecule has 0 aliphatic heterocycles. The van der Waals surface area contributed by atoms with Gasteiger partial charge < -0.3 is 4.57 Å². The summed E-state index contributed by atoms with van der Waals surface area (Å²) in [4.78, 5) is 15.0. The van der Waals surface area contributed by atoms with E-state index < -0.39 is 0 Å². The highest BCUT2D eigenvalue weighted by Crippen LogP contribution is 2.39. The van der Waals surface area contributed by atoms with E-state index in [-0.39, 0.29) is 0 Å². The van der Waals surface area contributed by atoms with Gasteiger partial charge in [-0.2, -0.15) is 0 Å². The molecule has 0 aliphatic carbocycles. The van der Waals surface area contributed by atoms with Gasteiger partial charge in [0.05, 0.1) is 34.1 Å². The molecule has 0 unspecified atom stereocenters. The van der Waals surface area contributed by atoms with Crippen LogP contribution < -0.4 is 0 Å². The average molecular weight is 640 g/mol. The van der Waals surface area contributed by atoms with E-state index in [4.69, 9.17) is 15.0 Å². The Morgan fingerprint density at radius 1 is 0.400 bits per heavy atom. The molecule has 10 aromatic rings. The van der Waals surface area contributed by atoms with Crippen LogP contribution in [0.5, 0.6) is 0 Å². The van der Waals surface area contributed by atoms with Crippen LogP contribution in [0.4, 0.5) is 0 Å². The summed E-state index contributed by atoms with van der Waals surface area (Å²) in [6.45, 7) is 0. The Balaban J connectivity index is 1.22. The van der Waals surface area contributed by atoms with Gasteiger partial charge in [-0.05, 0) is 53.6 Å². The quantitative estimate of drug-likeness (QED) is 0.188. The zero-order valence-corrected chi connectivity index (χ0v) is 27.0. The Morgan fingerprint density at radius 3 is 1.72 bits per heavy atom. The van der Waals surface area contributed by atoms with Crippen molar-refractivity contribution in [3.05, 3.63) is 176 Å². The molecule has 0 atom stereocenters. The number of aromatic nitrogens is 5. The Kier molecular flexibility index (Phi) is 6.42. The van der Waals surface area contributed by atoms with Crippen molar-refractivity contribution in [3.8, 4) is 45.1 Å². The second kappa shape index (κ2) is 11.4. The number of hydrogen-bond donors (Lipinski definition) is 0. The van der Waals surface area contributed by atoms with E-state index in [1.807, 2.05) is 54.9 Å². The molecule has 0 N–H and O–H groups in total. The molecule has 0 saturated carbocycles. The number of benzene rings is 6. The Hall–Kier alpha value is -6.85. The van der Waals surface area contributed by atoms with Crippen LogP contribution >= 0.6 is 0 Å². The lowest BCUT2D eigenvalue weighted by molar-refractivity contribution is 1.07. The summed E-state index contributed by atoms with van der Waals surface area (Å²) in [6.07, 6.45) is 3.80. The highest BCUT2D eigenvalue weighted by Gasteiger charge is 2.20. The SMILES string of the molecule is c1ccc(-c2ncc(-n3c4cc(-c5ccc6c7ccccc7n(-c7ccccc7)c6c5)ccc4c4cccnc43)c(-c3ccccc3)n2)cc1. The zero-order valence-electron chi connectivity index (χ0n) is 27.0. The van der Waals surface area contributed by atoms with Crippen molar-refractivity contribution in [1.82, 2.24) is 24.1 Å². The summed E-state index contributed by atoms with van der Waals surface area (Å²) in [6, 6.07) is 57.4. The average Bonchev–Trinajstić information content (AvgIpc) is 3.71. The van der Waals surface area contributed by atoms with E-state index in [9.17, 15) is 0 Å². The first-order chi connectivity index (χ1) is 24.8. The summed E-state index contributed by atoms with van der Waals surface area (Å²) in [7, 11) is 0. The third-order valence-corrected chi connectivity index (χ3v) is 9.64. The van der Waals surface area contributed by atoms with E-state index in [1.54, 1.807) is 0 Å². The molecule has 0 saturated heterocycles. The third-order valence-electron chi connectivity index (χ3n) is 9.64. The Morgan fingerprint density at radius 2 is 0.980 bits per heavy atom. The van der Waals surface area contributed by atoms with Crippen molar-refractivity contribution in [2.24, 2.45) is 0 Å². The second-order valence-corrected chi connectivity index (χ2v) is 12.5. The molecule has 0 bridgehead atoms. The third kappa shape index (κ3) is 4.45. The minimum Gasteiger partial charge on any atom is -0.309 e. The standard InChI is InChI=1S/C45H29N5/c1-4-13-30(14-5-1)43-42(29-47-44(48-43)31-15-6-2-7-16-31)50-41-28-33(23-25-37(41)38-20-12-26-46-45(38)50)32-22-24-36-35-19-10-11-21-39(35)49(40(36)27-32)34-17-8-3-9-18-34/h1-29H. The van der Waals surface area contributed by atoms with Gasteiger partial charge in [-0.1, -0.05) is 121 Å². The van der Waals surface area contributed by atoms with Gasteiger partial charge in [0.25, 0.3) is 0 Å². The lowest BCUT2D eigenvalue weighted by atomic mass is 10.0. The number of rotatable bonds is 5. The maximum absolute atomic E-state index is 5.19. The largest absolute Gasteiger partial charge is 0.309 e. The van der Waals surface area contributed by atoms with E-state index >= 15 is 0 Å². The van der Waals surface area contributed by atoms with Crippen LogP contribution in [0.25, 0.3) is 88.9 Å². The zero-order chi connectivity index (χ0) is 33.0. The fourth-order valence-corrected chi connectivity index (χ4v) is 7.35. The molecule has 10 rings (SSSR count). The van der Waals surface area contributed by atoms with Crippen LogP contribution in [0.1, 0.15) is 0 Å². The molecule has 50 heavy (non-hydrogen) atoms. The maximum Gasteiger partial charge on any atom is 0.159 e. The molecule has 4 aromatic heterocycles. The summed E-state index contributed by atoms with van der Waals surface area (Å²) in [5.74, 6) is 0.685. The molecule has 0 spiro atoms. The molecule has 5 nitrogen and oxygen atoms in total. The van der Waals surface area contributed by atoms with Crippen LogP contribution in [-0.2, 0) is 0 Å². The smallest absolute Gasteiger partial charge is 0.159 e. The van der Waals surface area contributed by atoms with Crippen molar-refractivity contribution >= 4 is 43.7 Å². The van der Waals surface area contributed by atoms with Crippen LogP contribution in [0.2, 0.25) is 0 Å². The van der Waals surface area contributed by atoms with Crippen LogP contribution in [0, 0.1) is 0 Å². The topological polar surface area (TPSA) is 48.5 Å². The summed E-state index contributed by atoms with van der Waals surface area (Å²) >= 11 is 0. The number of para-hydroxylation sites is 2. The number of hydrogen-bond acceptors (Lipinski definition) is 3. The van der Waals surface area contributed by atoms with Crippen molar-refractivity contribution in [2.75, 3.05) is 0 Å². The first-order valence-electron chi connectivity index (χ1n) is 16.8. The van der Waals surface area contributed by atoms with E-state index in [2.05, 4.69) is 130 Å². The Bertz CT molecular complexity index is 2850. The summed E-state index contributed by atoms with van der Waals surface area (Å²) in [5.41, 5.74) is 11.4. The summed E-state index contributed by atoms with van der Waals surface area (Å²) in [5, 5.41) is 4.69. The van der Waals surface area contributed by atoms with Gasteiger partial charge >= 0.3 is 0 Å². The van der Waals surface area contributed by atoms with Crippen LogP contribution in [0.3, 0.4) is 0 Å². The van der Waals surface area contributed by atoms with E-state index in [1.165, 1.54) is 21.8 Å². The van der Waals surface area contributed by atoms with E-state index in [0.717, 1.165) is 61.3 Å². The molecule has 6 aromatic carbocycles. The predicted molar refractivity (Wildman–Crippen MR) is 205 cm³/mol. The van der Waals surface area contributed by atoms with Gasteiger partial charge in [-0.15, -0.1) is 0 Å². The minimum atomic E-state index is 0.685. The first kappa shape index (κ1) is 28.2. The molecule has 0 aliphatic rings. The first-order valence-corrected chi connectivity index (χ1v) is 16.8. The van der Waals surface area contributed by atoms with Crippen molar-refractivity contribution in [3.63, 3.8) is 0 Å². The highest BCUT2D eigenvalue weighted by molar-refractivity contribution is 6.11. The van der Waals surface area contributed by atoms with Crippen molar-refractivity contribution < 1.29 is 0 Å². The maximum atomic E-state index is 5.19. The number of nitrogens with zero attached hydrogens (tertiary/aromatic N) is 5. The second-order valence-electron chi connectivity index (χ2n) is 12.5. The molecule has 4 heterocycles. The lowest BCUT2D eigenvalue weighted by Gasteiger charge is -2.14.